The van der Waals surface area contributed by atoms with Crippen LogP contribution in [0.15, 0.2) is 30.5 Å². The molecule has 1 aromatic heterocycles. The molecule has 3 N–H and O–H groups in total. The van der Waals surface area contributed by atoms with Gasteiger partial charge in [-0.25, -0.2) is 13.6 Å². The van der Waals surface area contributed by atoms with E-state index in [1.807, 2.05) is 0 Å². The molecular formula is C22H24F5N3O3. The predicted molar refractivity (Wildman–Crippen MR) is 110 cm³/mol. The zero-order valence-corrected chi connectivity index (χ0v) is 17.8. The van der Waals surface area contributed by atoms with E-state index in [9.17, 15) is 27.5 Å². The van der Waals surface area contributed by atoms with E-state index in [2.05, 4.69) is 10.3 Å². The van der Waals surface area contributed by atoms with Gasteiger partial charge >= 0.3 is 12.2 Å². The molecular weight excluding hydrogens is 449 g/mol. The lowest BCUT2D eigenvalue weighted by Gasteiger charge is -2.36. The summed E-state index contributed by atoms with van der Waals surface area (Å²) in [6, 6.07) is 3.70. The topological polar surface area (TPSA) is 85.7 Å². The molecule has 0 aliphatic carbocycles. The normalized spacial score (nSPS) is 17.0. The summed E-state index contributed by atoms with van der Waals surface area (Å²) in [6.07, 6.45) is -4.79. The Morgan fingerprint density at radius 1 is 1.27 bits per heavy atom. The number of aryl methyl sites for hydroxylation is 1. The number of likely N-dealkylation sites (tertiary alicyclic amines) is 1. The molecule has 0 radical (unpaired) electrons. The van der Waals surface area contributed by atoms with Crippen molar-refractivity contribution in [1.29, 1.82) is 0 Å². The molecule has 0 bridgehead atoms. The largest absolute Gasteiger partial charge is 0.416 e. The molecule has 11 heteroatoms. The van der Waals surface area contributed by atoms with E-state index in [4.69, 9.17) is 5.11 Å². The Hall–Kier alpha value is -2.79. The molecule has 0 spiro atoms. The van der Waals surface area contributed by atoms with Crippen LogP contribution in [0.25, 0.3) is 0 Å². The van der Waals surface area contributed by atoms with Crippen LogP contribution in [0, 0.1) is 12.7 Å². The smallest absolute Gasteiger partial charge is 0.394 e. The Morgan fingerprint density at radius 3 is 2.48 bits per heavy atom. The van der Waals surface area contributed by atoms with Crippen LogP contribution in [-0.4, -0.2) is 51.9 Å². The summed E-state index contributed by atoms with van der Waals surface area (Å²) in [5, 5.41) is 20.8. The number of alkyl halides is 4. The first-order valence-corrected chi connectivity index (χ1v) is 10.3. The lowest BCUT2D eigenvalue weighted by Crippen LogP contribution is -2.45. The SMILES string of the molecule is Cc1cc(NC(=O)N2CCC(F)(c3ncc(CC(O)CO)cc3F)CC2)ccc1C(F)(F)F. The third kappa shape index (κ3) is 5.77. The number of pyridine rings is 1. The maximum atomic E-state index is 15.4. The monoisotopic (exact) mass is 473 g/mol. The molecule has 33 heavy (non-hydrogen) atoms. The van der Waals surface area contributed by atoms with Gasteiger partial charge < -0.3 is 20.4 Å². The van der Waals surface area contributed by atoms with E-state index < -0.39 is 42.0 Å². The van der Waals surface area contributed by atoms with Crippen LogP contribution in [-0.2, 0) is 18.3 Å². The van der Waals surface area contributed by atoms with E-state index in [0.717, 1.165) is 18.2 Å². The lowest BCUT2D eigenvalue weighted by atomic mass is 9.89. The number of nitrogens with one attached hydrogen (secondary N) is 1. The summed E-state index contributed by atoms with van der Waals surface area (Å²) >= 11 is 0. The molecule has 1 fully saturated rings. The molecule has 1 unspecified atom stereocenters. The standard InChI is InChI=1S/C22H24F5N3O3/c1-13-8-15(2-3-17(13)22(25,26)27)29-20(33)30-6-4-21(24,5-7-30)19-18(23)10-14(11-28-19)9-16(32)12-31/h2-3,8,10-11,16,31-32H,4-7,9,12H2,1H3,(H,29,33). The number of aliphatic hydroxyl groups is 2. The zero-order valence-electron chi connectivity index (χ0n) is 17.8. The molecule has 1 aliphatic rings. The third-order valence-corrected chi connectivity index (χ3v) is 5.63. The van der Waals surface area contributed by atoms with Crippen molar-refractivity contribution in [2.24, 2.45) is 0 Å². The van der Waals surface area contributed by atoms with Crippen molar-refractivity contribution in [2.75, 3.05) is 25.0 Å². The van der Waals surface area contributed by atoms with Gasteiger partial charge in [-0.15, -0.1) is 0 Å². The fourth-order valence-corrected chi connectivity index (χ4v) is 3.82. The summed E-state index contributed by atoms with van der Waals surface area (Å²) in [5.41, 5.74) is -2.84. The number of anilines is 1. The number of piperidine rings is 1. The average Bonchev–Trinajstić information content (AvgIpc) is 2.73. The number of hydrogen-bond acceptors (Lipinski definition) is 4. The van der Waals surface area contributed by atoms with E-state index in [-0.39, 0.29) is 49.3 Å². The Bertz CT molecular complexity index is 1010. The van der Waals surface area contributed by atoms with Crippen LogP contribution >= 0.6 is 0 Å². The third-order valence-electron chi connectivity index (χ3n) is 5.63. The molecule has 3 rings (SSSR count). The molecule has 180 valence electrons. The van der Waals surface area contributed by atoms with E-state index in [1.54, 1.807) is 0 Å². The van der Waals surface area contributed by atoms with Gasteiger partial charge in [0.1, 0.15) is 11.5 Å². The number of carbonyl (C=O) groups excluding carboxylic acids is 1. The minimum absolute atomic E-state index is 0.0304. The van der Waals surface area contributed by atoms with Crippen molar-refractivity contribution in [3.8, 4) is 0 Å². The number of urea groups is 1. The van der Waals surface area contributed by atoms with Crippen molar-refractivity contribution in [3.63, 3.8) is 0 Å². The minimum atomic E-state index is -4.50. The van der Waals surface area contributed by atoms with Gasteiger partial charge in [-0.1, -0.05) is 0 Å². The fraction of sp³-hybridized carbons (Fsp3) is 0.455. The van der Waals surface area contributed by atoms with Crippen LogP contribution in [0.3, 0.4) is 0 Å². The van der Waals surface area contributed by atoms with Crippen molar-refractivity contribution in [2.45, 2.75) is 44.1 Å². The first-order valence-electron chi connectivity index (χ1n) is 10.3. The number of benzene rings is 1. The van der Waals surface area contributed by atoms with Gasteiger partial charge in [0.05, 0.1) is 18.3 Å². The highest BCUT2D eigenvalue weighted by molar-refractivity contribution is 5.89. The van der Waals surface area contributed by atoms with Gasteiger partial charge in [0, 0.05) is 44.2 Å². The number of aromatic nitrogens is 1. The molecule has 1 aliphatic heterocycles. The van der Waals surface area contributed by atoms with Crippen molar-refractivity contribution >= 4 is 11.7 Å². The Labute approximate surface area is 187 Å². The maximum Gasteiger partial charge on any atom is 0.416 e. The fourth-order valence-electron chi connectivity index (χ4n) is 3.82. The second kappa shape index (κ2) is 9.60. The number of hydrogen-bond donors (Lipinski definition) is 3. The number of halogens is 5. The molecule has 1 atom stereocenters. The first-order chi connectivity index (χ1) is 15.4. The van der Waals surface area contributed by atoms with Gasteiger partial charge in [-0.3, -0.25) is 4.98 Å². The Balaban J connectivity index is 1.63. The van der Waals surface area contributed by atoms with Crippen molar-refractivity contribution in [3.05, 3.63) is 58.7 Å². The number of amides is 2. The van der Waals surface area contributed by atoms with Crippen molar-refractivity contribution < 1.29 is 37.0 Å². The number of carbonyl (C=O) groups is 1. The van der Waals surface area contributed by atoms with E-state index in [1.165, 1.54) is 24.1 Å². The van der Waals surface area contributed by atoms with Gasteiger partial charge in [0.15, 0.2) is 5.67 Å². The molecule has 2 aromatic rings. The first kappa shape index (κ1) is 24.8. The second-order valence-electron chi connectivity index (χ2n) is 8.12. The second-order valence-corrected chi connectivity index (χ2v) is 8.12. The van der Waals surface area contributed by atoms with Gasteiger partial charge in [-0.05, 0) is 42.3 Å². The predicted octanol–water partition coefficient (Wildman–Crippen LogP) is 3.94. The quantitative estimate of drug-likeness (QED) is 0.575. The summed E-state index contributed by atoms with van der Waals surface area (Å²) in [5.74, 6) is -0.877. The molecule has 2 heterocycles. The highest BCUT2D eigenvalue weighted by Gasteiger charge is 2.41. The highest BCUT2D eigenvalue weighted by atomic mass is 19.4. The van der Waals surface area contributed by atoms with Crippen LogP contribution in [0.1, 0.15) is 35.2 Å². The minimum Gasteiger partial charge on any atom is -0.394 e. The number of nitrogens with zero attached hydrogens (tertiary/aromatic N) is 2. The van der Waals surface area contributed by atoms with Crippen LogP contribution in [0.2, 0.25) is 0 Å². The average molecular weight is 473 g/mol. The molecule has 1 saturated heterocycles. The Morgan fingerprint density at radius 2 is 1.94 bits per heavy atom. The highest BCUT2D eigenvalue weighted by Crippen LogP contribution is 2.38. The van der Waals surface area contributed by atoms with Gasteiger partial charge in [-0.2, -0.15) is 13.2 Å². The number of rotatable bonds is 5. The number of aliphatic hydroxyl groups excluding tert-OH is 2. The summed E-state index contributed by atoms with van der Waals surface area (Å²) in [6.45, 7) is 0.691. The van der Waals surface area contributed by atoms with Crippen molar-refractivity contribution in [1.82, 2.24) is 9.88 Å². The van der Waals surface area contributed by atoms with Gasteiger partial charge in [0.25, 0.3) is 0 Å². The Kier molecular flexibility index (Phi) is 7.23. The molecule has 6 nitrogen and oxygen atoms in total. The van der Waals surface area contributed by atoms with Crippen LogP contribution < -0.4 is 5.32 Å². The lowest BCUT2D eigenvalue weighted by molar-refractivity contribution is -0.138. The molecule has 2 amide bonds. The zero-order chi connectivity index (χ0) is 24.4. The maximum absolute atomic E-state index is 15.4. The van der Waals surface area contributed by atoms with E-state index >= 15 is 4.39 Å². The summed E-state index contributed by atoms with van der Waals surface area (Å²) in [4.78, 5) is 17.7. The van der Waals surface area contributed by atoms with Crippen LogP contribution in [0.5, 0.6) is 0 Å². The van der Waals surface area contributed by atoms with Gasteiger partial charge in [0.2, 0.25) is 0 Å². The molecule has 1 aromatic carbocycles. The summed E-state index contributed by atoms with van der Waals surface area (Å²) < 4.78 is 68.6. The summed E-state index contributed by atoms with van der Waals surface area (Å²) in [7, 11) is 0. The van der Waals surface area contributed by atoms with E-state index in [0.29, 0.717) is 5.56 Å². The van der Waals surface area contributed by atoms with Crippen LogP contribution in [0.4, 0.5) is 32.4 Å². The molecule has 0 saturated carbocycles.